The third-order valence-corrected chi connectivity index (χ3v) is 3.09. The van der Waals surface area contributed by atoms with E-state index in [1.165, 1.54) is 22.3 Å². The van der Waals surface area contributed by atoms with Gasteiger partial charge in [0.15, 0.2) is 5.82 Å². The van der Waals surface area contributed by atoms with Gasteiger partial charge in [-0.3, -0.25) is 0 Å². The van der Waals surface area contributed by atoms with Crippen LogP contribution >= 0.6 is 0 Å². The molecule has 0 aliphatic rings. The van der Waals surface area contributed by atoms with Gasteiger partial charge in [-0.15, -0.1) is 10.2 Å². The Labute approximate surface area is 111 Å². The average Bonchev–Trinajstić information content (AvgIpc) is 2.94. The zero-order chi connectivity index (χ0) is 13.1. The highest BCUT2D eigenvalue weighted by atomic mass is 15.5. The number of aryl methyl sites for hydroxylation is 1. The van der Waals surface area contributed by atoms with Crippen LogP contribution in [0.4, 0.5) is 0 Å². The minimum atomic E-state index is 0.699. The standard InChI is InChI=1S/C15H14N4/c1-11-2-6-13(7-3-11)14-8-4-12(5-9-14)10-15-16-18-19-17-15/h2-9H,10H2,1H3,(H,16,17,18,19). The van der Waals surface area contributed by atoms with Crippen molar-refractivity contribution < 1.29 is 0 Å². The van der Waals surface area contributed by atoms with Crippen molar-refractivity contribution in [2.45, 2.75) is 13.3 Å². The molecule has 0 atom stereocenters. The number of tetrazole rings is 1. The molecule has 2 aromatic carbocycles. The summed E-state index contributed by atoms with van der Waals surface area (Å²) < 4.78 is 0. The van der Waals surface area contributed by atoms with Crippen molar-refractivity contribution in [3.8, 4) is 11.1 Å². The second-order valence-corrected chi connectivity index (χ2v) is 4.57. The third-order valence-electron chi connectivity index (χ3n) is 3.09. The van der Waals surface area contributed by atoms with Crippen LogP contribution in [0.15, 0.2) is 48.5 Å². The summed E-state index contributed by atoms with van der Waals surface area (Å²) in [6, 6.07) is 17.0. The lowest BCUT2D eigenvalue weighted by Crippen LogP contribution is -1.91. The van der Waals surface area contributed by atoms with E-state index < -0.39 is 0 Å². The normalized spacial score (nSPS) is 10.6. The number of aromatic nitrogens is 4. The fraction of sp³-hybridized carbons (Fsp3) is 0.133. The Morgan fingerprint density at radius 2 is 1.53 bits per heavy atom. The smallest absolute Gasteiger partial charge is 0.177 e. The van der Waals surface area contributed by atoms with Gasteiger partial charge in [0.1, 0.15) is 0 Å². The van der Waals surface area contributed by atoms with E-state index in [1.807, 2.05) is 0 Å². The molecule has 4 heteroatoms. The van der Waals surface area contributed by atoms with Gasteiger partial charge < -0.3 is 0 Å². The number of hydrogen-bond acceptors (Lipinski definition) is 3. The molecule has 0 aliphatic heterocycles. The van der Waals surface area contributed by atoms with E-state index in [2.05, 4.69) is 76.1 Å². The van der Waals surface area contributed by atoms with Gasteiger partial charge in [0, 0.05) is 6.42 Å². The van der Waals surface area contributed by atoms with Gasteiger partial charge in [-0.1, -0.05) is 59.3 Å². The van der Waals surface area contributed by atoms with Crippen LogP contribution in [0, 0.1) is 6.92 Å². The summed E-state index contributed by atoms with van der Waals surface area (Å²) in [7, 11) is 0. The van der Waals surface area contributed by atoms with Crippen LogP contribution in [-0.4, -0.2) is 20.6 Å². The van der Waals surface area contributed by atoms with Gasteiger partial charge in [0.05, 0.1) is 0 Å². The number of nitrogens with zero attached hydrogens (tertiary/aromatic N) is 3. The lowest BCUT2D eigenvalue weighted by molar-refractivity contribution is 0.881. The monoisotopic (exact) mass is 250 g/mol. The van der Waals surface area contributed by atoms with Crippen molar-refractivity contribution in [3.05, 3.63) is 65.5 Å². The Kier molecular flexibility index (Phi) is 3.06. The summed E-state index contributed by atoms with van der Waals surface area (Å²) >= 11 is 0. The fourth-order valence-corrected chi connectivity index (χ4v) is 2.00. The molecule has 0 bridgehead atoms. The second-order valence-electron chi connectivity index (χ2n) is 4.57. The van der Waals surface area contributed by atoms with Crippen LogP contribution in [0.1, 0.15) is 17.0 Å². The summed E-state index contributed by atoms with van der Waals surface area (Å²) in [5, 5.41) is 13.9. The highest BCUT2D eigenvalue weighted by Gasteiger charge is 2.02. The number of rotatable bonds is 3. The summed E-state index contributed by atoms with van der Waals surface area (Å²) in [6.45, 7) is 2.10. The molecule has 4 nitrogen and oxygen atoms in total. The lowest BCUT2D eigenvalue weighted by atomic mass is 10.0. The zero-order valence-electron chi connectivity index (χ0n) is 10.7. The molecular weight excluding hydrogens is 236 g/mol. The highest BCUT2D eigenvalue weighted by molar-refractivity contribution is 5.63. The topological polar surface area (TPSA) is 54.5 Å². The molecule has 19 heavy (non-hydrogen) atoms. The van der Waals surface area contributed by atoms with E-state index in [1.54, 1.807) is 0 Å². The zero-order valence-corrected chi connectivity index (χ0v) is 10.7. The average molecular weight is 250 g/mol. The molecule has 1 heterocycles. The van der Waals surface area contributed by atoms with Gasteiger partial charge in [-0.05, 0) is 23.6 Å². The molecule has 0 unspecified atom stereocenters. The molecule has 3 aromatic rings. The number of aromatic amines is 1. The maximum atomic E-state index is 3.95. The minimum absolute atomic E-state index is 0.699. The molecule has 3 rings (SSSR count). The molecular formula is C15H14N4. The number of hydrogen-bond donors (Lipinski definition) is 1. The highest BCUT2D eigenvalue weighted by Crippen LogP contribution is 2.20. The number of nitrogens with one attached hydrogen (secondary N) is 1. The Hall–Kier alpha value is -2.49. The van der Waals surface area contributed by atoms with Gasteiger partial charge in [0.2, 0.25) is 0 Å². The molecule has 0 spiro atoms. The van der Waals surface area contributed by atoms with Crippen molar-refractivity contribution in [2.75, 3.05) is 0 Å². The summed E-state index contributed by atoms with van der Waals surface area (Å²) in [5.74, 6) is 0.711. The van der Waals surface area contributed by atoms with Crippen LogP contribution < -0.4 is 0 Å². The van der Waals surface area contributed by atoms with E-state index >= 15 is 0 Å². The maximum absolute atomic E-state index is 3.95. The predicted octanol–water partition coefficient (Wildman–Crippen LogP) is 2.77. The predicted molar refractivity (Wildman–Crippen MR) is 73.6 cm³/mol. The van der Waals surface area contributed by atoms with Gasteiger partial charge in [-0.25, -0.2) is 0 Å². The van der Waals surface area contributed by atoms with Crippen molar-refractivity contribution in [3.63, 3.8) is 0 Å². The van der Waals surface area contributed by atoms with E-state index in [0.29, 0.717) is 12.2 Å². The first-order valence-electron chi connectivity index (χ1n) is 6.19. The van der Waals surface area contributed by atoms with E-state index in [4.69, 9.17) is 0 Å². The van der Waals surface area contributed by atoms with Crippen molar-refractivity contribution in [2.24, 2.45) is 0 Å². The van der Waals surface area contributed by atoms with Gasteiger partial charge >= 0.3 is 0 Å². The lowest BCUT2D eigenvalue weighted by Gasteiger charge is -2.04. The largest absolute Gasteiger partial charge is 0.178 e. The van der Waals surface area contributed by atoms with E-state index in [-0.39, 0.29) is 0 Å². The van der Waals surface area contributed by atoms with Crippen molar-refractivity contribution >= 4 is 0 Å². The van der Waals surface area contributed by atoms with Crippen LogP contribution in [0.25, 0.3) is 11.1 Å². The Morgan fingerprint density at radius 1 is 0.895 bits per heavy atom. The molecule has 0 radical (unpaired) electrons. The van der Waals surface area contributed by atoms with Gasteiger partial charge in [-0.2, -0.15) is 5.21 Å². The molecule has 1 aromatic heterocycles. The van der Waals surface area contributed by atoms with E-state index in [9.17, 15) is 0 Å². The van der Waals surface area contributed by atoms with Crippen LogP contribution in [-0.2, 0) is 6.42 Å². The van der Waals surface area contributed by atoms with Crippen molar-refractivity contribution in [1.82, 2.24) is 20.6 Å². The Morgan fingerprint density at radius 3 is 2.11 bits per heavy atom. The SMILES string of the molecule is Cc1ccc(-c2ccc(Cc3nn[nH]n3)cc2)cc1. The maximum Gasteiger partial charge on any atom is 0.178 e. The number of benzene rings is 2. The molecule has 0 saturated carbocycles. The third kappa shape index (κ3) is 2.68. The van der Waals surface area contributed by atoms with Crippen LogP contribution in [0.5, 0.6) is 0 Å². The fourth-order valence-electron chi connectivity index (χ4n) is 2.00. The Bertz CT molecular complexity index is 640. The molecule has 94 valence electrons. The molecule has 0 fully saturated rings. The molecule has 1 N–H and O–H groups in total. The second kappa shape index (κ2) is 5.02. The van der Waals surface area contributed by atoms with Crippen molar-refractivity contribution in [1.29, 1.82) is 0 Å². The Balaban J connectivity index is 1.80. The molecule has 0 amide bonds. The van der Waals surface area contributed by atoms with Crippen LogP contribution in [0.3, 0.4) is 0 Å². The molecule has 0 aliphatic carbocycles. The summed E-state index contributed by atoms with van der Waals surface area (Å²) in [5.41, 5.74) is 4.91. The van der Waals surface area contributed by atoms with E-state index in [0.717, 1.165) is 0 Å². The quantitative estimate of drug-likeness (QED) is 0.777. The number of H-pyrrole nitrogens is 1. The van der Waals surface area contributed by atoms with Crippen LogP contribution in [0.2, 0.25) is 0 Å². The summed E-state index contributed by atoms with van der Waals surface area (Å²) in [4.78, 5) is 0. The molecule has 0 saturated heterocycles. The first-order valence-corrected chi connectivity index (χ1v) is 6.19. The summed E-state index contributed by atoms with van der Waals surface area (Å²) in [6.07, 6.45) is 0.699. The van der Waals surface area contributed by atoms with Gasteiger partial charge in [0.25, 0.3) is 0 Å². The first kappa shape index (κ1) is 11.6. The minimum Gasteiger partial charge on any atom is -0.177 e. The first-order chi connectivity index (χ1) is 9.31.